The molecule has 0 aromatic carbocycles. The first-order valence-corrected chi connectivity index (χ1v) is 9.03. The van der Waals surface area contributed by atoms with E-state index in [4.69, 9.17) is 0 Å². The van der Waals surface area contributed by atoms with Crippen molar-refractivity contribution in [1.82, 2.24) is 20.3 Å². The molecule has 1 aliphatic rings. The second-order valence-electron chi connectivity index (χ2n) is 5.48. The summed E-state index contributed by atoms with van der Waals surface area (Å²) in [4.78, 5) is 32.4. The molecule has 8 heteroatoms. The van der Waals surface area contributed by atoms with Crippen molar-refractivity contribution in [3.63, 3.8) is 0 Å². The first kappa shape index (κ1) is 15.4. The minimum Gasteiger partial charge on any atom is -0.348 e. The van der Waals surface area contributed by atoms with E-state index >= 15 is 0 Å². The molecule has 0 atom stereocenters. The van der Waals surface area contributed by atoms with Gasteiger partial charge in [0, 0.05) is 28.6 Å². The van der Waals surface area contributed by atoms with Crippen LogP contribution in [0.5, 0.6) is 0 Å². The first-order chi connectivity index (χ1) is 10.6. The Balaban J connectivity index is 1.47. The highest BCUT2D eigenvalue weighted by Crippen LogP contribution is 2.35. The van der Waals surface area contributed by atoms with E-state index in [2.05, 4.69) is 25.6 Å². The second-order valence-corrected chi connectivity index (χ2v) is 7.88. The van der Waals surface area contributed by atoms with Crippen LogP contribution in [0.15, 0.2) is 20.7 Å². The van der Waals surface area contributed by atoms with E-state index in [0.717, 1.165) is 35.7 Å². The van der Waals surface area contributed by atoms with E-state index in [1.165, 1.54) is 6.20 Å². The number of thiazole rings is 1. The van der Waals surface area contributed by atoms with Gasteiger partial charge in [-0.2, -0.15) is 0 Å². The molecule has 1 fully saturated rings. The lowest BCUT2D eigenvalue weighted by Crippen LogP contribution is -2.38. The zero-order chi connectivity index (χ0) is 15.5. The molecule has 118 valence electrons. The number of nitrogens with one attached hydrogen (secondary N) is 3. The summed E-state index contributed by atoms with van der Waals surface area (Å²) in [6.07, 6.45) is 5.46. The maximum atomic E-state index is 12.0. The molecule has 2 heterocycles. The molecular weight excluding hydrogens is 320 g/mol. The number of aromatic amines is 2. The third-order valence-electron chi connectivity index (χ3n) is 3.72. The van der Waals surface area contributed by atoms with Crippen LogP contribution in [-0.2, 0) is 0 Å². The van der Waals surface area contributed by atoms with E-state index in [-0.39, 0.29) is 17.6 Å². The van der Waals surface area contributed by atoms with Crippen molar-refractivity contribution in [3.05, 3.63) is 33.4 Å². The fourth-order valence-corrected chi connectivity index (χ4v) is 4.86. The van der Waals surface area contributed by atoms with Crippen LogP contribution in [0, 0.1) is 6.92 Å². The van der Waals surface area contributed by atoms with E-state index in [1.54, 1.807) is 11.3 Å². The Morgan fingerprint density at radius 2 is 2.18 bits per heavy atom. The number of H-pyrrole nitrogens is 2. The number of hydrogen-bond donors (Lipinski definition) is 3. The maximum Gasteiger partial charge on any atom is 0.323 e. The minimum atomic E-state index is -0.357. The maximum absolute atomic E-state index is 12.0. The van der Waals surface area contributed by atoms with Gasteiger partial charge in [-0.1, -0.05) is 11.8 Å². The fraction of sp³-hybridized carbons (Fsp3) is 0.500. The molecule has 0 spiro atoms. The van der Waals surface area contributed by atoms with Crippen LogP contribution in [0.25, 0.3) is 0 Å². The van der Waals surface area contributed by atoms with Gasteiger partial charge in [0.2, 0.25) is 0 Å². The molecule has 1 amide bonds. The molecule has 0 bridgehead atoms. The summed E-state index contributed by atoms with van der Waals surface area (Å²) < 4.78 is 1.13. The van der Waals surface area contributed by atoms with E-state index in [0.29, 0.717) is 10.9 Å². The third-order valence-corrected chi connectivity index (χ3v) is 6.14. The number of hydrogen-bond acceptors (Lipinski definition) is 5. The van der Waals surface area contributed by atoms with Gasteiger partial charge in [0.15, 0.2) is 0 Å². The Kier molecular flexibility index (Phi) is 4.68. The van der Waals surface area contributed by atoms with Crippen LogP contribution in [0.1, 0.15) is 41.9 Å². The first-order valence-electron chi connectivity index (χ1n) is 7.27. The molecular formula is C14H18N4O2S2. The Morgan fingerprint density at radius 1 is 1.41 bits per heavy atom. The monoisotopic (exact) mass is 338 g/mol. The lowest BCUT2D eigenvalue weighted by molar-refractivity contribution is 0.0923. The lowest BCUT2D eigenvalue weighted by Gasteiger charge is -2.28. The zero-order valence-electron chi connectivity index (χ0n) is 12.2. The normalized spacial score (nSPS) is 21.7. The van der Waals surface area contributed by atoms with Crippen molar-refractivity contribution >= 4 is 29.0 Å². The van der Waals surface area contributed by atoms with E-state index < -0.39 is 0 Å². The average molecular weight is 338 g/mol. The Morgan fingerprint density at radius 3 is 2.77 bits per heavy atom. The zero-order valence-corrected chi connectivity index (χ0v) is 13.9. The van der Waals surface area contributed by atoms with Gasteiger partial charge >= 0.3 is 5.69 Å². The summed E-state index contributed by atoms with van der Waals surface area (Å²) in [7, 11) is 0. The molecule has 0 unspecified atom stereocenters. The van der Waals surface area contributed by atoms with Gasteiger partial charge in [-0.25, -0.2) is 9.78 Å². The number of carbonyl (C=O) groups is 1. The fourth-order valence-electron chi connectivity index (χ4n) is 2.57. The standard InChI is InChI=1S/C14H18N4O2S2/c1-8-7-21-14(16-8)22-10-4-2-9(3-5-10)17-12(19)11-6-15-13(20)18-11/h6-7,9-10H,2-5H2,1H3,(H,17,19)(H2,15,18,20). The summed E-state index contributed by atoms with van der Waals surface area (Å²) >= 11 is 3.55. The molecule has 1 aliphatic carbocycles. The summed E-state index contributed by atoms with van der Waals surface area (Å²) in [5.74, 6) is -0.218. The number of thioether (sulfide) groups is 1. The van der Waals surface area contributed by atoms with Crippen molar-refractivity contribution in [2.75, 3.05) is 0 Å². The molecule has 3 N–H and O–H groups in total. The number of rotatable bonds is 4. The van der Waals surface area contributed by atoms with Crippen molar-refractivity contribution < 1.29 is 4.79 Å². The SMILES string of the molecule is Cc1csc(SC2CCC(NC(=O)c3c[nH]c(=O)[nH]3)CC2)n1. The van der Waals surface area contributed by atoms with Crippen molar-refractivity contribution in [2.24, 2.45) is 0 Å². The van der Waals surface area contributed by atoms with Gasteiger partial charge in [-0.3, -0.25) is 4.79 Å². The molecule has 0 radical (unpaired) electrons. The summed E-state index contributed by atoms with van der Waals surface area (Å²) in [5, 5.41) is 5.64. The quantitative estimate of drug-likeness (QED) is 0.798. The molecule has 6 nitrogen and oxygen atoms in total. The van der Waals surface area contributed by atoms with Crippen molar-refractivity contribution in [3.8, 4) is 0 Å². The van der Waals surface area contributed by atoms with Crippen LogP contribution < -0.4 is 11.0 Å². The number of aromatic nitrogens is 3. The molecule has 2 aromatic heterocycles. The number of carbonyl (C=O) groups excluding carboxylic acids is 1. The molecule has 3 rings (SSSR count). The highest BCUT2D eigenvalue weighted by atomic mass is 32.2. The van der Waals surface area contributed by atoms with Gasteiger partial charge in [-0.15, -0.1) is 11.3 Å². The number of aryl methyl sites for hydroxylation is 1. The Hall–Kier alpha value is -1.54. The predicted octanol–water partition coefficient (Wildman–Crippen LogP) is 2.30. The van der Waals surface area contributed by atoms with Gasteiger partial charge < -0.3 is 15.3 Å². The number of amides is 1. The molecule has 22 heavy (non-hydrogen) atoms. The van der Waals surface area contributed by atoms with Crippen LogP contribution in [0.2, 0.25) is 0 Å². The Labute approximate surface area is 136 Å². The van der Waals surface area contributed by atoms with Gasteiger partial charge in [0.25, 0.3) is 5.91 Å². The van der Waals surface area contributed by atoms with Crippen LogP contribution in [0.3, 0.4) is 0 Å². The molecule has 1 saturated carbocycles. The topological polar surface area (TPSA) is 90.6 Å². The summed E-state index contributed by atoms with van der Waals surface area (Å²) in [6.45, 7) is 2.01. The average Bonchev–Trinajstić information content (AvgIpc) is 3.10. The highest BCUT2D eigenvalue weighted by Gasteiger charge is 2.24. The second kappa shape index (κ2) is 6.70. The van der Waals surface area contributed by atoms with Crippen molar-refractivity contribution in [2.45, 2.75) is 48.2 Å². The largest absolute Gasteiger partial charge is 0.348 e. The molecule has 0 saturated heterocycles. The van der Waals surface area contributed by atoms with E-state index in [9.17, 15) is 9.59 Å². The van der Waals surface area contributed by atoms with Gasteiger partial charge in [0.05, 0.1) is 0 Å². The number of imidazole rings is 1. The summed E-state index contributed by atoms with van der Waals surface area (Å²) in [6, 6.07) is 0.181. The smallest absolute Gasteiger partial charge is 0.323 e. The van der Waals surface area contributed by atoms with Gasteiger partial charge in [0.1, 0.15) is 10.0 Å². The Bertz CT molecular complexity index is 698. The third kappa shape index (κ3) is 3.80. The predicted molar refractivity (Wildman–Crippen MR) is 87.6 cm³/mol. The van der Waals surface area contributed by atoms with Crippen LogP contribution in [0.4, 0.5) is 0 Å². The molecule has 0 aliphatic heterocycles. The van der Waals surface area contributed by atoms with E-state index in [1.807, 2.05) is 18.7 Å². The van der Waals surface area contributed by atoms with Crippen LogP contribution >= 0.6 is 23.1 Å². The lowest BCUT2D eigenvalue weighted by atomic mass is 9.95. The van der Waals surface area contributed by atoms with Crippen molar-refractivity contribution in [1.29, 1.82) is 0 Å². The summed E-state index contributed by atoms with van der Waals surface area (Å²) in [5.41, 5.74) is 1.01. The van der Waals surface area contributed by atoms with Gasteiger partial charge in [-0.05, 0) is 32.6 Å². The minimum absolute atomic E-state index is 0.181. The number of nitrogens with zero attached hydrogens (tertiary/aromatic N) is 1. The van der Waals surface area contributed by atoms with Crippen LogP contribution in [-0.4, -0.2) is 32.2 Å². The highest BCUT2D eigenvalue weighted by molar-refractivity contribution is 8.01. The molecule has 2 aromatic rings.